The molecule has 0 heterocycles. The molecule has 2 N–H and O–H groups in total. The molecule has 0 bridgehead atoms. The molecule has 20 heavy (non-hydrogen) atoms. The molecule has 0 radical (unpaired) electrons. The van der Waals surface area contributed by atoms with Crippen LogP contribution in [0, 0.1) is 6.92 Å². The Morgan fingerprint density at radius 1 is 1.05 bits per heavy atom. The summed E-state index contributed by atoms with van der Waals surface area (Å²) < 4.78 is 11.0. The van der Waals surface area contributed by atoms with Gasteiger partial charge in [0.15, 0.2) is 0 Å². The molecule has 0 saturated carbocycles. The fourth-order valence-corrected chi connectivity index (χ4v) is 1.95. The molecule has 0 spiro atoms. The molecule has 2 aromatic rings. The summed E-state index contributed by atoms with van der Waals surface area (Å²) in [7, 11) is 0.0693. The van der Waals surface area contributed by atoms with Crippen molar-refractivity contribution in [2.24, 2.45) is 0 Å². The van der Waals surface area contributed by atoms with Gasteiger partial charge in [-0.05, 0) is 30.1 Å². The molecule has 0 aliphatic heterocycles. The highest BCUT2D eigenvalue weighted by Crippen LogP contribution is 2.21. The van der Waals surface area contributed by atoms with E-state index in [1.54, 1.807) is 25.3 Å². The molecule has 5 heteroatoms. The van der Waals surface area contributed by atoms with Gasteiger partial charge in [-0.25, -0.2) is 0 Å². The van der Waals surface area contributed by atoms with Crippen LogP contribution in [0.5, 0.6) is 11.5 Å². The SMILES string of the molecule is COc1ccc(B(O)O)cc1COc1ccccc1C. The Morgan fingerprint density at radius 3 is 2.45 bits per heavy atom. The first-order valence-corrected chi connectivity index (χ1v) is 6.33. The maximum absolute atomic E-state index is 9.22. The van der Waals surface area contributed by atoms with Gasteiger partial charge in [-0.15, -0.1) is 0 Å². The van der Waals surface area contributed by atoms with Crippen LogP contribution in [-0.4, -0.2) is 24.3 Å². The van der Waals surface area contributed by atoms with Crippen LogP contribution in [0.4, 0.5) is 0 Å². The smallest absolute Gasteiger partial charge is 0.488 e. The molecule has 0 unspecified atom stereocenters. The molecule has 0 aliphatic rings. The first-order chi connectivity index (χ1) is 9.61. The van der Waals surface area contributed by atoms with Crippen molar-refractivity contribution in [2.45, 2.75) is 13.5 Å². The van der Waals surface area contributed by atoms with E-state index in [4.69, 9.17) is 9.47 Å². The average molecular weight is 272 g/mol. The number of rotatable bonds is 5. The van der Waals surface area contributed by atoms with Crippen LogP contribution in [0.1, 0.15) is 11.1 Å². The van der Waals surface area contributed by atoms with E-state index in [0.717, 1.165) is 16.9 Å². The van der Waals surface area contributed by atoms with E-state index in [1.165, 1.54) is 0 Å². The second kappa shape index (κ2) is 6.46. The Morgan fingerprint density at radius 2 is 1.80 bits per heavy atom. The van der Waals surface area contributed by atoms with E-state index < -0.39 is 7.12 Å². The lowest BCUT2D eigenvalue weighted by molar-refractivity contribution is 0.295. The summed E-state index contributed by atoms with van der Waals surface area (Å²) in [5.74, 6) is 1.45. The molecular formula is C15H17BO4. The van der Waals surface area contributed by atoms with E-state index in [9.17, 15) is 10.0 Å². The van der Waals surface area contributed by atoms with Gasteiger partial charge in [-0.2, -0.15) is 0 Å². The summed E-state index contributed by atoms with van der Waals surface area (Å²) in [4.78, 5) is 0. The lowest BCUT2D eigenvalue weighted by Crippen LogP contribution is -2.30. The molecule has 4 nitrogen and oxygen atoms in total. The summed E-state index contributed by atoms with van der Waals surface area (Å²) in [6.07, 6.45) is 0. The van der Waals surface area contributed by atoms with Gasteiger partial charge in [-0.3, -0.25) is 0 Å². The lowest BCUT2D eigenvalue weighted by atomic mass is 9.79. The zero-order valence-electron chi connectivity index (χ0n) is 11.5. The van der Waals surface area contributed by atoms with E-state index >= 15 is 0 Å². The molecule has 2 aromatic carbocycles. The van der Waals surface area contributed by atoms with Gasteiger partial charge >= 0.3 is 7.12 Å². The third-order valence-corrected chi connectivity index (χ3v) is 3.08. The minimum atomic E-state index is -1.50. The van der Waals surface area contributed by atoms with Crippen LogP contribution < -0.4 is 14.9 Å². The van der Waals surface area contributed by atoms with E-state index in [0.29, 0.717) is 17.8 Å². The third-order valence-electron chi connectivity index (χ3n) is 3.08. The Kier molecular flexibility index (Phi) is 4.66. The first kappa shape index (κ1) is 14.4. The Hall–Kier alpha value is -1.98. The molecule has 0 aliphatic carbocycles. The van der Waals surface area contributed by atoms with Crippen molar-refractivity contribution in [3.8, 4) is 11.5 Å². The Bertz CT molecular complexity index is 584. The summed E-state index contributed by atoms with van der Waals surface area (Å²) in [6, 6.07) is 12.7. The van der Waals surface area contributed by atoms with Crippen molar-refractivity contribution in [1.29, 1.82) is 0 Å². The molecular weight excluding hydrogens is 255 g/mol. The second-order valence-corrected chi connectivity index (χ2v) is 4.50. The molecule has 0 fully saturated rings. The zero-order chi connectivity index (χ0) is 14.5. The number of aryl methyl sites for hydroxylation is 1. The van der Waals surface area contributed by atoms with Crippen LogP contribution >= 0.6 is 0 Å². The minimum absolute atomic E-state index is 0.300. The van der Waals surface area contributed by atoms with Crippen molar-refractivity contribution in [1.82, 2.24) is 0 Å². The van der Waals surface area contributed by atoms with Gasteiger partial charge in [0.05, 0.1) is 7.11 Å². The summed E-state index contributed by atoms with van der Waals surface area (Å²) in [6.45, 7) is 2.27. The van der Waals surface area contributed by atoms with Crippen LogP contribution in [0.3, 0.4) is 0 Å². The normalized spacial score (nSPS) is 10.2. The van der Waals surface area contributed by atoms with E-state index in [-0.39, 0.29) is 0 Å². The van der Waals surface area contributed by atoms with Gasteiger partial charge in [0.2, 0.25) is 0 Å². The summed E-state index contributed by atoms with van der Waals surface area (Å²) >= 11 is 0. The average Bonchev–Trinajstić information content (AvgIpc) is 2.46. The maximum atomic E-state index is 9.22. The number of methoxy groups -OCH3 is 1. The maximum Gasteiger partial charge on any atom is 0.488 e. The van der Waals surface area contributed by atoms with E-state index in [2.05, 4.69) is 0 Å². The molecule has 104 valence electrons. The largest absolute Gasteiger partial charge is 0.496 e. The predicted octanol–water partition coefficient (Wildman–Crippen LogP) is 1.26. The van der Waals surface area contributed by atoms with E-state index in [1.807, 2.05) is 31.2 Å². The highest BCUT2D eigenvalue weighted by molar-refractivity contribution is 6.58. The Balaban J connectivity index is 2.19. The standard InChI is InChI=1S/C15H17BO4/c1-11-5-3-4-6-14(11)20-10-12-9-13(16(17)18)7-8-15(12)19-2/h3-9,17-18H,10H2,1-2H3. The zero-order valence-corrected chi connectivity index (χ0v) is 11.5. The topological polar surface area (TPSA) is 58.9 Å². The van der Waals surface area contributed by atoms with Crippen LogP contribution in [-0.2, 0) is 6.61 Å². The van der Waals surface area contributed by atoms with Crippen LogP contribution in [0.2, 0.25) is 0 Å². The number of para-hydroxylation sites is 1. The monoisotopic (exact) mass is 272 g/mol. The molecule has 0 saturated heterocycles. The number of hydrogen-bond acceptors (Lipinski definition) is 4. The summed E-state index contributed by atoms with van der Waals surface area (Å²) in [5, 5.41) is 18.4. The Labute approximate surface area is 118 Å². The van der Waals surface area contributed by atoms with Crippen LogP contribution in [0.15, 0.2) is 42.5 Å². The number of ether oxygens (including phenoxy) is 2. The highest BCUT2D eigenvalue weighted by atomic mass is 16.5. The van der Waals surface area contributed by atoms with Gasteiger partial charge in [0, 0.05) is 5.56 Å². The third kappa shape index (κ3) is 3.32. The fraction of sp³-hybridized carbons (Fsp3) is 0.200. The van der Waals surface area contributed by atoms with Crippen molar-refractivity contribution < 1.29 is 19.5 Å². The fourth-order valence-electron chi connectivity index (χ4n) is 1.95. The lowest BCUT2D eigenvalue weighted by Gasteiger charge is -2.13. The second-order valence-electron chi connectivity index (χ2n) is 4.50. The minimum Gasteiger partial charge on any atom is -0.496 e. The molecule has 2 rings (SSSR count). The van der Waals surface area contributed by atoms with Gasteiger partial charge in [0.25, 0.3) is 0 Å². The molecule has 0 atom stereocenters. The predicted molar refractivity (Wildman–Crippen MR) is 78.3 cm³/mol. The molecule has 0 amide bonds. The highest BCUT2D eigenvalue weighted by Gasteiger charge is 2.14. The summed E-state index contributed by atoms with van der Waals surface area (Å²) in [5.41, 5.74) is 2.22. The number of hydrogen-bond donors (Lipinski definition) is 2. The van der Waals surface area contributed by atoms with Gasteiger partial charge in [-0.1, -0.05) is 30.3 Å². The van der Waals surface area contributed by atoms with Crippen molar-refractivity contribution in [3.05, 3.63) is 53.6 Å². The van der Waals surface area contributed by atoms with Crippen LogP contribution in [0.25, 0.3) is 0 Å². The quantitative estimate of drug-likeness (QED) is 0.804. The molecule has 0 aromatic heterocycles. The van der Waals surface area contributed by atoms with Gasteiger partial charge in [0.1, 0.15) is 18.1 Å². The van der Waals surface area contributed by atoms with Crippen molar-refractivity contribution in [3.63, 3.8) is 0 Å². The number of benzene rings is 2. The van der Waals surface area contributed by atoms with Gasteiger partial charge < -0.3 is 19.5 Å². The first-order valence-electron chi connectivity index (χ1n) is 6.33. The van der Waals surface area contributed by atoms with Crippen molar-refractivity contribution in [2.75, 3.05) is 7.11 Å². The van der Waals surface area contributed by atoms with Crippen molar-refractivity contribution >= 4 is 12.6 Å².